The predicted molar refractivity (Wildman–Crippen MR) is 100 cm³/mol. The number of carbonyl (C=O) groups is 1. The molecule has 2 aromatic carbocycles. The van der Waals surface area contributed by atoms with Gasteiger partial charge in [-0.3, -0.25) is 15.0 Å². The Balaban J connectivity index is 1.52. The standard InChI is InChI=1S/C19H22N4O3/c1-15-4-2-5-16(12-15)14-21-8-10-22(11-9-21)19(24)20-17-6-3-7-18(13-17)23(25)26/h2-7,12-13H,8-11,14H2,1H3,(H,20,24). The van der Waals surface area contributed by atoms with Crippen LogP contribution in [0.3, 0.4) is 0 Å². The van der Waals surface area contributed by atoms with Gasteiger partial charge >= 0.3 is 6.03 Å². The van der Waals surface area contributed by atoms with E-state index in [4.69, 9.17) is 0 Å². The number of amides is 2. The number of nitro groups is 1. The van der Waals surface area contributed by atoms with Crippen LogP contribution in [-0.2, 0) is 6.54 Å². The van der Waals surface area contributed by atoms with Crippen LogP contribution in [0.25, 0.3) is 0 Å². The van der Waals surface area contributed by atoms with Crippen LogP contribution < -0.4 is 5.32 Å². The van der Waals surface area contributed by atoms with Crippen LogP contribution in [0.1, 0.15) is 11.1 Å². The Morgan fingerprint density at radius 3 is 2.54 bits per heavy atom. The van der Waals surface area contributed by atoms with Gasteiger partial charge in [-0.05, 0) is 18.6 Å². The molecule has 0 aromatic heterocycles. The summed E-state index contributed by atoms with van der Waals surface area (Å²) in [5, 5.41) is 13.6. The number of hydrogen-bond acceptors (Lipinski definition) is 4. The Kier molecular flexibility index (Phi) is 5.48. The van der Waals surface area contributed by atoms with E-state index >= 15 is 0 Å². The normalized spacial score (nSPS) is 14.9. The first-order chi connectivity index (χ1) is 12.5. The lowest BCUT2D eigenvalue weighted by atomic mass is 10.1. The van der Waals surface area contributed by atoms with Gasteiger partial charge in [-0.15, -0.1) is 0 Å². The van der Waals surface area contributed by atoms with Crippen molar-refractivity contribution in [2.45, 2.75) is 13.5 Å². The minimum atomic E-state index is -0.472. The van der Waals surface area contributed by atoms with Gasteiger partial charge in [0.15, 0.2) is 0 Å². The van der Waals surface area contributed by atoms with E-state index in [1.807, 2.05) is 0 Å². The van der Waals surface area contributed by atoms with Crippen LogP contribution in [0, 0.1) is 17.0 Å². The number of nitro benzene ring substituents is 1. The molecule has 0 unspecified atom stereocenters. The Morgan fingerprint density at radius 1 is 1.12 bits per heavy atom. The van der Waals surface area contributed by atoms with Gasteiger partial charge in [0.1, 0.15) is 0 Å². The molecule has 0 spiro atoms. The fraction of sp³-hybridized carbons (Fsp3) is 0.316. The van der Waals surface area contributed by atoms with Crippen LogP contribution in [0.15, 0.2) is 48.5 Å². The second-order valence-electron chi connectivity index (χ2n) is 6.49. The van der Waals surface area contributed by atoms with Gasteiger partial charge in [-0.2, -0.15) is 0 Å². The largest absolute Gasteiger partial charge is 0.322 e. The highest BCUT2D eigenvalue weighted by Gasteiger charge is 2.21. The van der Waals surface area contributed by atoms with Gasteiger partial charge in [0.2, 0.25) is 0 Å². The van der Waals surface area contributed by atoms with Crippen molar-refractivity contribution in [3.8, 4) is 0 Å². The maximum atomic E-state index is 12.4. The van der Waals surface area contributed by atoms with Crippen LogP contribution >= 0.6 is 0 Å². The molecule has 1 aliphatic rings. The molecule has 136 valence electrons. The van der Waals surface area contributed by atoms with Crippen molar-refractivity contribution in [1.29, 1.82) is 0 Å². The third kappa shape index (κ3) is 4.58. The summed E-state index contributed by atoms with van der Waals surface area (Å²) in [5.41, 5.74) is 2.93. The number of piperazine rings is 1. The maximum absolute atomic E-state index is 12.4. The van der Waals surface area contributed by atoms with Crippen molar-refractivity contribution >= 4 is 17.4 Å². The van der Waals surface area contributed by atoms with Gasteiger partial charge in [0, 0.05) is 50.5 Å². The SMILES string of the molecule is Cc1cccc(CN2CCN(C(=O)Nc3cccc([N+](=O)[O-])c3)CC2)c1. The maximum Gasteiger partial charge on any atom is 0.321 e. The summed E-state index contributed by atoms with van der Waals surface area (Å²) in [5.74, 6) is 0. The lowest BCUT2D eigenvalue weighted by molar-refractivity contribution is -0.384. The van der Waals surface area contributed by atoms with Crippen molar-refractivity contribution < 1.29 is 9.72 Å². The number of nitrogens with zero attached hydrogens (tertiary/aromatic N) is 3. The Hall–Kier alpha value is -2.93. The molecule has 0 atom stereocenters. The van der Waals surface area contributed by atoms with E-state index in [0.29, 0.717) is 18.8 Å². The molecule has 1 N–H and O–H groups in total. The average molecular weight is 354 g/mol. The molecule has 1 aliphatic heterocycles. The zero-order chi connectivity index (χ0) is 18.5. The van der Waals surface area contributed by atoms with Crippen LogP contribution in [0.2, 0.25) is 0 Å². The molecule has 26 heavy (non-hydrogen) atoms. The summed E-state index contributed by atoms with van der Waals surface area (Å²) in [7, 11) is 0. The molecule has 7 nitrogen and oxygen atoms in total. The second-order valence-corrected chi connectivity index (χ2v) is 6.49. The number of carbonyl (C=O) groups excluding carboxylic acids is 1. The number of aryl methyl sites for hydroxylation is 1. The van der Waals surface area contributed by atoms with Crippen molar-refractivity contribution in [1.82, 2.24) is 9.80 Å². The van der Waals surface area contributed by atoms with E-state index in [1.165, 1.54) is 23.3 Å². The van der Waals surface area contributed by atoms with E-state index in [1.54, 1.807) is 17.0 Å². The zero-order valence-electron chi connectivity index (χ0n) is 14.7. The van der Waals surface area contributed by atoms with Crippen molar-refractivity contribution in [3.05, 3.63) is 69.8 Å². The molecule has 1 saturated heterocycles. The summed E-state index contributed by atoms with van der Waals surface area (Å²) in [4.78, 5) is 26.8. The van der Waals surface area contributed by atoms with Gasteiger partial charge in [-0.1, -0.05) is 35.9 Å². The molecular weight excluding hydrogens is 332 g/mol. The first-order valence-electron chi connectivity index (χ1n) is 8.59. The topological polar surface area (TPSA) is 78.7 Å². The van der Waals surface area contributed by atoms with Crippen molar-refractivity contribution in [3.63, 3.8) is 0 Å². The molecule has 0 saturated carbocycles. The summed E-state index contributed by atoms with van der Waals surface area (Å²) in [6.45, 7) is 5.83. The molecule has 1 fully saturated rings. The van der Waals surface area contributed by atoms with Gasteiger partial charge in [0.25, 0.3) is 5.69 Å². The Bertz CT molecular complexity index is 801. The molecule has 0 aliphatic carbocycles. The number of benzene rings is 2. The molecule has 0 bridgehead atoms. The lowest BCUT2D eigenvalue weighted by Gasteiger charge is -2.34. The number of urea groups is 1. The molecule has 2 aromatic rings. The van der Waals surface area contributed by atoms with E-state index in [-0.39, 0.29) is 11.7 Å². The number of nitrogens with one attached hydrogen (secondary N) is 1. The third-order valence-electron chi connectivity index (χ3n) is 4.46. The minimum Gasteiger partial charge on any atom is -0.322 e. The Morgan fingerprint density at radius 2 is 1.85 bits per heavy atom. The van der Waals surface area contributed by atoms with Crippen molar-refractivity contribution in [2.24, 2.45) is 0 Å². The number of hydrogen-bond donors (Lipinski definition) is 1. The van der Waals surface area contributed by atoms with Gasteiger partial charge in [0.05, 0.1) is 4.92 Å². The minimum absolute atomic E-state index is 0.0363. The summed E-state index contributed by atoms with van der Waals surface area (Å²) in [6, 6.07) is 14.2. The molecule has 0 radical (unpaired) electrons. The second kappa shape index (κ2) is 7.97. The van der Waals surface area contributed by atoms with E-state index < -0.39 is 4.92 Å². The lowest BCUT2D eigenvalue weighted by Crippen LogP contribution is -2.49. The van der Waals surface area contributed by atoms with Crippen LogP contribution in [0.4, 0.5) is 16.2 Å². The quantitative estimate of drug-likeness (QED) is 0.675. The first-order valence-corrected chi connectivity index (χ1v) is 8.59. The van der Waals surface area contributed by atoms with Crippen LogP contribution in [0.5, 0.6) is 0 Å². The third-order valence-corrected chi connectivity index (χ3v) is 4.46. The number of non-ortho nitro benzene ring substituents is 1. The highest BCUT2D eigenvalue weighted by Crippen LogP contribution is 2.18. The van der Waals surface area contributed by atoms with Crippen molar-refractivity contribution in [2.75, 3.05) is 31.5 Å². The molecule has 3 rings (SSSR count). The summed E-state index contributed by atoms with van der Waals surface area (Å²) < 4.78 is 0. The fourth-order valence-corrected chi connectivity index (χ4v) is 3.08. The molecular formula is C19H22N4O3. The fourth-order valence-electron chi connectivity index (χ4n) is 3.08. The Labute approximate surface area is 152 Å². The van der Waals surface area contributed by atoms with Gasteiger partial charge < -0.3 is 10.2 Å². The monoisotopic (exact) mass is 354 g/mol. The highest BCUT2D eigenvalue weighted by molar-refractivity contribution is 5.89. The summed E-state index contributed by atoms with van der Waals surface area (Å²) in [6.07, 6.45) is 0. The molecule has 2 amide bonds. The summed E-state index contributed by atoms with van der Waals surface area (Å²) >= 11 is 0. The van der Waals surface area contributed by atoms with Gasteiger partial charge in [-0.25, -0.2) is 4.79 Å². The van der Waals surface area contributed by atoms with Crippen LogP contribution in [-0.4, -0.2) is 46.9 Å². The first kappa shape index (κ1) is 17.9. The van der Waals surface area contributed by atoms with E-state index in [9.17, 15) is 14.9 Å². The highest BCUT2D eigenvalue weighted by atomic mass is 16.6. The number of rotatable bonds is 4. The van der Waals surface area contributed by atoms with E-state index in [0.717, 1.165) is 19.6 Å². The van der Waals surface area contributed by atoms with E-state index in [2.05, 4.69) is 41.4 Å². The average Bonchev–Trinajstić information content (AvgIpc) is 2.62. The predicted octanol–water partition coefficient (Wildman–Crippen LogP) is 3.25. The zero-order valence-corrected chi connectivity index (χ0v) is 14.7. The molecule has 1 heterocycles. The number of anilines is 1. The smallest absolute Gasteiger partial charge is 0.321 e. The molecule has 7 heteroatoms.